The smallest absolute Gasteiger partial charge is 0.173 e. The van der Waals surface area contributed by atoms with E-state index in [1.807, 2.05) is 0 Å². The number of hydrogen-bond acceptors (Lipinski definition) is 4. The molecule has 1 rings (SSSR count). The first-order valence-electron chi connectivity index (χ1n) is 5.20. The number of hydrogen-bond donors (Lipinski definition) is 0. The van der Waals surface area contributed by atoms with Crippen LogP contribution in [0.2, 0.25) is 0 Å². The number of aldehydes is 1. The Morgan fingerprint density at radius 3 is 2.29 bits per heavy atom. The molecule has 0 radical (unpaired) electrons. The molecule has 17 heavy (non-hydrogen) atoms. The number of carbonyl (C=O) groups excluding carboxylic acids is 2. The van der Waals surface area contributed by atoms with Crippen molar-refractivity contribution in [3.05, 3.63) is 35.4 Å². The molecular weight excluding hydrogens is 216 g/mol. The van der Waals surface area contributed by atoms with Crippen molar-refractivity contribution in [1.29, 1.82) is 0 Å². The second kappa shape index (κ2) is 6.48. The molecule has 0 aliphatic heterocycles. The van der Waals surface area contributed by atoms with E-state index < -0.39 is 0 Å². The fourth-order valence-corrected chi connectivity index (χ4v) is 1.07. The summed E-state index contributed by atoms with van der Waals surface area (Å²) in [6.45, 7) is 3.37. The number of benzene rings is 1. The van der Waals surface area contributed by atoms with Gasteiger partial charge in [-0.25, -0.2) is 0 Å². The predicted molar refractivity (Wildman–Crippen MR) is 68.1 cm³/mol. The van der Waals surface area contributed by atoms with Gasteiger partial charge in [-0.15, -0.1) is 0 Å². The van der Waals surface area contributed by atoms with E-state index in [0.717, 1.165) is 11.8 Å². The second-order valence-electron chi connectivity index (χ2n) is 3.54. The Bertz CT molecular complexity index is 459. The summed E-state index contributed by atoms with van der Waals surface area (Å²) in [6.07, 6.45) is 2.45. The van der Waals surface area contributed by atoms with Gasteiger partial charge in [0.05, 0.1) is 5.71 Å². The molecule has 0 atom stereocenters. The van der Waals surface area contributed by atoms with Crippen LogP contribution in [-0.4, -0.2) is 30.7 Å². The maximum Gasteiger partial charge on any atom is 0.173 e. The van der Waals surface area contributed by atoms with E-state index in [4.69, 9.17) is 0 Å². The first kappa shape index (κ1) is 13.0. The maximum absolute atomic E-state index is 10.9. The Morgan fingerprint density at radius 1 is 1.18 bits per heavy atom. The van der Waals surface area contributed by atoms with Gasteiger partial charge in [-0.2, -0.15) is 0 Å². The Morgan fingerprint density at radius 2 is 1.76 bits per heavy atom. The predicted octanol–water partition coefficient (Wildman–Crippen LogP) is 1.93. The van der Waals surface area contributed by atoms with E-state index in [0.29, 0.717) is 11.3 Å². The Hall–Kier alpha value is -2.10. The average Bonchev–Trinajstić information content (AvgIpc) is 2.35. The fraction of sp³-hybridized carbons (Fsp3) is 0.231. The molecule has 0 N–H and O–H groups in total. The van der Waals surface area contributed by atoms with Gasteiger partial charge >= 0.3 is 0 Å². The topological polar surface area (TPSA) is 58.9 Å². The van der Waals surface area contributed by atoms with Crippen molar-refractivity contribution in [3.8, 4) is 0 Å². The van der Waals surface area contributed by atoms with Crippen LogP contribution < -0.4 is 0 Å². The van der Waals surface area contributed by atoms with Crippen molar-refractivity contribution in [1.82, 2.24) is 0 Å². The summed E-state index contributed by atoms with van der Waals surface area (Å²) in [6, 6.07) is 7.04. The minimum Gasteiger partial charge on any atom is -0.298 e. The molecule has 1 aromatic rings. The van der Waals surface area contributed by atoms with Gasteiger partial charge < -0.3 is 0 Å². The molecule has 0 bridgehead atoms. The van der Waals surface area contributed by atoms with E-state index in [1.165, 1.54) is 6.92 Å². The van der Waals surface area contributed by atoms with E-state index in [1.54, 1.807) is 37.4 Å². The number of nitrogens with zero attached hydrogens (tertiary/aromatic N) is 2. The van der Waals surface area contributed by atoms with E-state index in [2.05, 4.69) is 9.98 Å². The highest BCUT2D eigenvalue weighted by molar-refractivity contribution is 6.37. The highest BCUT2D eigenvalue weighted by atomic mass is 16.1. The highest BCUT2D eigenvalue weighted by Crippen LogP contribution is 1.99. The van der Waals surface area contributed by atoms with Crippen LogP contribution in [0.25, 0.3) is 0 Å². The van der Waals surface area contributed by atoms with Gasteiger partial charge in [0.15, 0.2) is 5.78 Å². The highest BCUT2D eigenvalue weighted by Gasteiger charge is 1.94. The molecule has 88 valence electrons. The molecule has 0 aliphatic carbocycles. The molecule has 0 saturated heterocycles. The lowest BCUT2D eigenvalue weighted by Gasteiger charge is -1.94. The van der Waals surface area contributed by atoms with Crippen LogP contribution >= 0.6 is 0 Å². The first-order valence-corrected chi connectivity index (χ1v) is 5.20. The molecule has 0 fully saturated rings. The molecule has 0 amide bonds. The minimum atomic E-state index is -0.0458. The van der Waals surface area contributed by atoms with E-state index in [-0.39, 0.29) is 12.5 Å². The van der Waals surface area contributed by atoms with Gasteiger partial charge in [-0.1, -0.05) is 24.3 Å². The van der Waals surface area contributed by atoms with Crippen LogP contribution in [0.15, 0.2) is 34.3 Å². The molecule has 0 spiro atoms. The molecule has 0 unspecified atom stereocenters. The molecule has 0 heterocycles. The number of Topliss-reactive ketones (excluding diaryl/α,β-unsaturated/α-hetero) is 1. The van der Waals surface area contributed by atoms with E-state index >= 15 is 0 Å². The van der Waals surface area contributed by atoms with Crippen molar-refractivity contribution < 1.29 is 9.59 Å². The van der Waals surface area contributed by atoms with Crippen LogP contribution in [0.5, 0.6) is 0 Å². The summed E-state index contributed by atoms with van der Waals surface area (Å²) in [4.78, 5) is 29.3. The number of ketones is 1. The lowest BCUT2D eigenvalue weighted by atomic mass is 10.2. The number of aliphatic imine (C=N–C) groups is 2. The van der Waals surface area contributed by atoms with Gasteiger partial charge in [-0.05, 0) is 12.5 Å². The quantitative estimate of drug-likeness (QED) is 0.573. The number of carbonyl (C=O) groups is 2. The monoisotopic (exact) mass is 230 g/mol. The van der Waals surface area contributed by atoms with Gasteiger partial charge in [-0.3, -0.25) is 19.6 Å². The minimum absolute atomic E-state index is 0.0458. The van der Waals surface area contributed by atoms with Gasteiger partial charge in [0.2, 0.25) is 0 Å². The van der Waals surface area contributed by atoms with Crippen LogP contribution in [0.4, 0.5) is 0 Å². The SMILES string of the molecule is CC(=O)/C(C)=N/C/N=C\c1ccc(C=O)cc1. The van der Waals surface area contributed by atoms with Crippen LogP contribution in [0.3, 0.4) is 0 Å². The molecule has 4 heteroatoms. The summed E-state index contributed by atoms with van der Waals surface area (Å²) < 4.78 is 0. The summed E-state index contributed by atoms with van der Waals surface area (Å²) in [5.41, 5.74) is 2.00. The normalized spacial score (nSPS) is 11.8. The molecule has 0 aliphatic rings. The lowest BCUT2D eigenvalue weighted by Crippen LogP contribution is -2.04. The summed E-state index contributed by atoms with van der Waals surface area (Å²) >= 11 is 0. The Kier molecular flexibility index (Phi) is 4.94. The van der Waals surface area contributed by atoms with Crippen LogP contribution in [0.1, 0.15) is 29.8 Å². The summed E-state index contributed by atoms with van der Waals surface area (Å²) in [7, 11) is 0. The van der Waals surface area contributed by atoms with Crippen LogP contribution in [0, 0.1) is 0 Å². The summed E-state index contributed by atoms with van der Waals surface area (Å²) in [5.74, 6) is -0.0458. The number of rotatable bonds is 5. The third-order valence-electron chi connectivity index (χ3n) is 2.21. The fourth-order valence-electron chi connectivity index (χ4n) is 1.07. The standard InChI is InChI=1S/C13H14N2O2/c1-10(11(2)17)15-9-14-7-12-3-5-13(8-16)6-4-12/h3-8H,9H2,1-2H3/b14-7-,15-10+. The van der Waals surface area contributed by atoms with Crippen molar-refractivity contribution in [2.75, 3.05) is 6.67 Å². The van der Waals surface area contributed by atoms with Crippen LogP contribution in [-0.2, 0) is 4.79 Å². The molecular formula is C13H14N2O2. The van der Waals surface area contributed by atoms with Gasteiger partial charge in [0.1, 0.15) is 13.0 Å². The largest absolute Gasteiger partial charge is 0.298 e. The van der Waals surface area contributed by atoms with Crippen molar-refractivity contribution >= 4 is 24.0 Å². The van der Waals surface area contributed by atoms with Crippen molar-refractivity contribution in [2.45, 2.75) is 13.8 Å². The third kappa shape index (κ3) is 4.51. The van der Waals surface area contributed by atoms with Crippen molar-refractivity contribution in [3.63, 3.8) is 0 Å². The maximum atomic E-state index is 10.9. The van der Waals surface area contributed by atoms with Gasteiger partial charge in [0.25, 0.3) is 0 Å². The third-order valence-corrected chi connectivity index (χ3v) is 2.21. The lowest BCUT2D eigenvalue weighted by molar-refractivity contribution is -0.111. The first-order chi connectivity index (χ1) is 8.13. The van der Waals surface area contributed by atoms with Crippen molar-refractivity contribution in [2.24, 2.45) is 9.98 Å². The molecule has 1 aromatic carbocycles. The zero-order chi connectivity index (χ0) is 12.7. The van der Waals surface area contributed by atoms with E-state index in [9.17, 15) is 9.59 Å². The Balaban J connectivity index is 2.56. The Labute approximate surface area is 100 Å². The second-order valence-corrected chi connectivity index (χ2v) is 3.54. The molecule has 0 saturated carbocycles. The zero-order valence-corrected chi connectivity index (χ0v) is 9.88. The average molecular weight is 230 g/mol. The zero-order valence-electron chi connectivity index (χ0n) is 9.88. The van der Waals surface area contributed by atoms with Gasteiger partial charge in [0, 0.05) is 18.7 Å². The molecule has 0 aromatic heterocycles. The molecule has 4 nitrogen and oxygen atoms in total. The summed E-state index contributed by atoms with van der Waals surface area (Å²) in [5, 5.41) is 0.